The highest BCUT2D eigenvalue weighted by Gasteiger charge is 2.24. The maximum Gasteiger partial charge on any atom is 0.328 e. The predicted octanol–water partition coefficient (Wildman–Crippen LogP) is -1.38. The Labute approximate surface area is 133 Å². The first kappa shape index (κ1) is 18.6. The van der Waals surface area contributed by atoms with Gasteiger partial charge in [-0.05, 0) is 18.9 Å². The largest absolute Gasteiger partial charge is 0.480 e. The summed E-state index contributed by atoms with van der Waals surface area (Å²) in [6, 6.07) is 5.96. The number of carboxylic acid groups (broad SMARTS) is 1. The first-order chi connectivity index (χ1) is 10.8. The molecule has 0 heterocycles. The van der Waals surface area contributed by atoms with Crippen LogP contribution in [-0.2, 0) is 20.8 Å². The molecule has 0 saturated heterocycles. The molecule has 8 nitrogen and oxygen atoms in total. The molecule has 6 N–H and O–H groups in total. The minimum Gasteiger partial charge on any atom is -0.480 e. The van der Waals surface area contributed by atoms with E-state index in [0.717, 1.165) is 5.56 Å². The molecule has 0 aliphatic heterocycles. The number of carbonyl (C=O) groups is 3. The monoisotopic (exact) mass is 323 g/mol. The van der Waals surface area contributed by atoms with Crippen LogP contribution in [0.1, 0.15) is 12.5 Å². The summed E-state index contributed by atoms with van der Waals surface area (Å²) in [5, 5.41) is 22.1. The SMILES string of the molecule is CC(NC(=O)C(N)Cc1ccccc1)C(=O)NC(CO)C(=O)O. The molecule has 0 bridgehead atoms. The van der Waals surface area contributed by atoms with Crippen LogP contribution in [0.15, 0.2) is 30.3 Å². The first-order valence-corrected chi connectivity index (χ1v) is 7.09. The van der Waals surface area contributed by atoms with Gasteiger partial charge in [0.05, 0.1) is 12.6 Å². The van der Waals surface area contributed by atoms with Crippen molar-refractivity contribution < 1.29 is 24.6 Å². The average molecular weight is 323 g/mol. The van der Waals surface area contributed by atoms with Crippen LogP contribution in [0.4, 0.5) is 0 Å². The zero-order valence-corrected chi connectivity index (χ0v) is 12.7. The Morgan fingerprint density at radius 1 is 1.13 bits per heavy atom. The van der Waals surface area contributed by atoms with Gasteiger partial charge in [0.25, 0.3) is 0 Å². The normalized spacial score (nSPS) is 14.4. The van der Waals surface area contributed by atoms with Crippen LogP contribution in [0.5, 0.6) is 0 Å². The number of aliphatic hydroxyl groups excluding tert-OH is 1. The van der Waals surface area contributed by atoms with E-state index in [2.05, 4.69) is 10.6 Å². The lowest BCUT2D eigenvalue weighted by Gasteiger charge is -2.19. The number of rotatable bonds is 8. The van der Waals surface area contributed by atoms with Crippen molar-refractivity contribution in [3.05, 3.63) is 35.9 Å². The fraction of sp³-hybridized carbons (Fsp3) is 0.400. The fourth-order valence-electron chi connectivity index (χ4n) is 1.83. The minimum absolute atomic E-state index is 0.315. The molecule has 0 aliphatic carbocycles. The van der Waals surface area contributed by atoms with Crippen LogP contribution in [0.3, 0.4) is 0 Å². The maximum atomic E-state index is 12.0. The molecule has 8 heteroatoms. The van der Waals surface area contributed by atoms with Gasteiger partial charge in [-0.1, -0.05) is 30.3 Å². The van der Waals surface area contributed by atoms with E-state index in [4.69, 9.17) is 15.9 Å². The molecule has 23 heavy (non-hydrogen) atoms. The number of aliphatic carboxylic acids is 1. The van der Waals surface area contributed by atoms with Gasteiger partial charge in [0.15, 0.2) is 0 Å². The standard InChI is InChI=1S/C15H21N3O5/c1-9(13(20)18-12(8-19)15(22)23)17-14(21)11(16)7-10-5-3-2-4-6-10/h2-6,9,11-12,19H,7-8,16H2,1H3,(H,17,21)(H,18,20)(H,22,23). The van der Waals surface area contributed by atoms with E-state index in [1.165, 1.54) is 6.92 Å². The maximum absolute atomic E-state index is 12.0. The highest BCUT2D eigenvalue weighted by molar-refractivity contribution is 5.91. The Morgan fingerprint density at radius 2 is 1.74 bits per heavy atom. The lowest BCUT2D eigenvalue weighted by molar-refractivity contribution is -0.143. The van der Waals surface area contributed by atoms with Crippen LogP contribution in [0.2, 0.25) is 0 Å². The van der Waals surface area contributed by atoms with E-state index in [0.29, 0.717) is 6.42 Å². The van der Waals surface area contributed by atoms with Gasteiger partial charge in [0, 0.05) is 0 Å². The van der Waals surface area contributed by atoms with Gasteiger partial charge >= 0.3 is 5.97 Å². The molecular formula is C15H21N3O5. The van der Waals surface area contributed by atoms with E-state index in [1.807, 2.05) is 30.3 Å². The topological polar surface area (TPSA) is 142 Å². The van der Waals surface area contributed by atoms with E-state index in [-0.39, 0.29) is 0 Å². The number of carboxylic acids is 1. The Balaban J connectivity index is 2.51. The number of benzene rings is 1. The van der Waals surface area contributed by atoms with Gasteiger partial charge in [-0.3, -0.25) is 9.59 Å². The van der Waals surface area contributed by atoms with E-state index in [1.54, 1.807) is 0 Å². The highest BCUT2D eigenvalue weighted by Crippen LogP contribution is 2.02. The van der Waals surface area contributed by atoms with Crippen molar-refractivity contribution in [3.63, 3.8) is 0 Å². The Bertz CT molecular complexity index is 549. The van der Waals surface area contributed by atoms with Crippen LogP contribution in [-0.4, -0.2) is 52.7 Å². The number of hydrogen-bond acceptors (Lipinski definition) is 5. The Kier molecular flexibility index (Phi) is 7.17. The van der Waals surface area contributed by atoms with Crippen molar-refractivity contribution in [2.24, 2.45) is 5.73 Å². The molecule has 2 amide bonds. The molecule has 1 aromatic carbocycles. The van der Waals surface area contributed by atoms with E-state index < -0.39 is 42.5 Å². The smallest absolute Gasteiger partial charge is 0.328 e. The quantitative estimate of drug-likeness (QED) is 0.399. The minimum atomic E-state index is -1.42. The van der Waals surface area contributed by atoms with E-state index in [9.17, 15) is 14.4 Å². The molecule has 3 unspecified atom stereocenters. The third kappa shape index (κ3) is 6.05. The van der Waals surface area contributed by atoms with Crippen LogP contribution in [0, 0.1) is 0 Å². The van der Waals surface area contributed by atoms with Gasteiger partial charge < -0.3 is 26.6 Å². The highest BCUT2D eigenvalue weighted by atomic mass is 16.4. The third-order valence-electron chi connectivity index (χ3n) is 3.18. The van der Waals surface area contributed by atoms with Gasteiger partial charge in [0.1, 0.15) is 12.1 Å². The summed E-state index contributed by atoms with van der Waals surface area (Å²) < 4.78 is 0. The van der Waals surface area contributed by atoms with Gasteiger partial charge in [-0.15, -0.1) is 0 Å². The molecule has 0 saturated carbocycles. The van der Waals surface area contributed by atoms with Crippen LogP contribution in [0.25, 0.3) is 0 Å². The average Bonchev–Trinajstić information content (AvgIpc) is 2.52. The van der Waals surface area contributed by atoms with Crippen molar-refractivity contribution >= 4 is 17.8 Å². The summed E-state index contributed by atoms with van der Waals surface area (Å²) in [6.45, 7) is 0.661. The molecule has 126 valence electrons. The molecular weight excluding hydrogens is 302 g/mol. The lowest BCUT2D eigenvalue weighted by atomic mass is 10.1. The van der Waals surface area contributed by atoms with Crippen molar-refractivity contribution in [1.82, 2.24) is 10.6 Å². The third-order valence-corrected chi connectivity index (χ3v) is 3.18. The number of hydrogen-bond donors (Lipinski definition) is 5. The summed E-state index contributed by atoms with van der Waals surface area (Å²) in [4.78, 5) is 34.5. The van der Waals surface area contributed by atoms with Crippen molar-refractivity contribution in [1.29, 1.82) is 0 Å². The molecule has 0 radical (unpaired) electrons. The molecule has 0 fully saturated rings. The summed E-state index contributed by atoms with van der Waals surface area (Å²) in [5.41, 5.74) is 6.68. The second kappa shape index (κ2) is 8.86. The molecule has 1 aromatic rings. The van der Waals surface area contributed by atoms with Crippen molar-refractivity contribution in [2.45, 2.75) is 31.5 Å². The Morgan fingerprint density at radius 3 is 2.26 bits per heavy atom. The molecule has 0 aromatic heterocycles. The summed E-state index contributed by atoms with van der Waals surface area (Å²) in [5.74, 6) is -2.60. The number of nitrogens with one attached hydrogen (secondary N) is 2. The van der Waals surface area contributed by atoms with Gasteiger partial charge in [-0.2, -0.15) is 0 Å². The summed E-state index contributed by atoms with van der Waals surface area (Å²) in [7, 11) is 0. The molecule has 1 rings (SSSR count). The number of aliphatic hydroxyl groups is 1. The Hall–Kier alpha value is -2.45. The van der Waals surface area contributed by atoms with E-state index >= 15 is 0 Å². The molecule has 0 spiro atoms. The van der Waals surface area contributed by atoms with Crippen molar-refractivity contribution in [2.75, 3.05) is 6.61 Å². The second-order valence-corrected chi connectivity index (χ2v) is 5.11. The van der Waals surface area contributed by atoms with Crippen LogP contribution >= 0.6 is 0 Å². The number of nitrogens with two attached hydrogens (primary N) is 1. The summed E-state index contributed by atoms with van der Waals surface area (Å²) in [6.07, 6.45) is 0.315. The predicted molar refractivity (Wildman–Crippen MR) is 82.4 cm³/mol. The molecule has 0 aliphatic rings. The second-order valence-electron chi connectivity index (χ2n) is 5.11. The first-order valence-electron chi connectivity index (χ1n) is 7.09. The molecule has 3 atom stereocenters. The lowest BCUT2D eigenvalue weighted by Crippen LogP contribution is -2.54. The zero-order chi connectivity index (χ0) is 17.4. The van der Waals surface area contributed by atoms with Crippen molar-refractivity contribution in [3.8, 4) is 0 Å². The van der Waals surface area contributed by atoms with Gasteiger partial charge in [-0.25, -0.2) is 4.79 Å². The number of amides is 2. The fourth-order valence-corrected chi connectivity index (χ4v) is 1.83. The zero-order valence-electron chi connectivity index (χ0n) is 12.7. The van der Waals surface area contributed by atoms with Gasteiger partial charge in [0.2, 0.25) is 11.8 Å². The summed E-state index contributed by atoms with van der Waals surface area (Å²) >= 11 is 0. The number of carbonyl (C=O) groups excluding carboxylic acids is 2. The van der Waals surface area contributed by atoms with Crippen LogP contribution < -0.4 is 16.4 Å².